The Bertz CT molecular complexity index is 282. The van der Waals surface area contributed by atoms with E-state index >= 15 is 0 Å². The van der Waals surface area contributed by atoms with Crippen molar-refractivity contribution in [2.45, 2.75) is 39.9 Å². The maximum atomic E-state index is 11.1. The van der Waals surface area contributed by atoms with Crippen molar-refractivity contribution in [1.29, 1.82) is 0 Å². The third-order valence-electron chi connectivity index (χ3n) is 1.68. The molecule has 0 fully saturated rings. The van der Waals surface area contributed by atoms with Crippen LogP contribution in [0.15, 0.2) is 0 Å². The molecule has 0 aromatic carbocycles. The van der Waals surface area contributed by atoms with Gasteiger partial charge in [0, 0.05) is 20.8 Å². The van der Waals surface area contributed by atoms with Crippen molar-refractivity contribution in [1.82, 2.24) is 16.0 Å². The van der Waals surface area contributed by atoms with E-state index in [1.165, 1.54) is 27.7 Å². The van der Waals surface area contributed by atoms with Crippen molar-refractivity contribution >= 4 is 23.5 Å². The van der Waals surface area contributed by atoms with Crippen molar-refractivity contribution in [2.75, 3.05) is 0 Å². The molecule has 0 unspecified atom stereocenters. The highest BCUT2D eigenvalue weighted by Crippen LogP contribution is 2.04. The number of nitrogens with one attached hydrogen (secondary N) is 3. The fourth-order valence-electron chi connectivity index (χ4n) is 1.50. The molecular weight excluding hydrogens is 226 g/mol. The molecule has 7 nitrogen and oxygen atoms in total. The number of amides is 3. The second kappa shape index (κ2) is 5.97. The van der Waals surface area contributed by atoms with Gasteiger partial charge in [-0.2, -0.15) is 0 Å². The summed E-state index contributed by atoms with van der Waals surface area (Å²) >= 11 is 0. The minimum absolute atomic E-state index is 0.230. The van der Waals surface area contributed by atoms with Crippen LogP contribution >= 0.6 is 0 Å². The first-order valence-electron chi connectivity index (χ1n) is 5.02. The zero-order valence-electron chi connectivity index (χ0n) is 10.3. The lowest BCUT2D eigenvalue weighted by atomic mass is 10.1. The van der Waals surface area contributed by atoms with E-state index in [2.05, 4.69) is 16.0 Å². The summed E-state index contributed by atoms with van der Waals surface area (Å²) in [4.78, 5) is 44.4. The molecule has 96 valence electrons. The van der Waals surface area contributed by atoms with Crippen LogP contribution in [0.2, 0.25) is 0 Å². The standard InChI is InChI=1S/C10H17N3O4/c1-6(14)5-10(11-7(2)15,12-8(3)16)13-9(4)17/h5H2,1-4H3,(H,11,15)(H,12,16)(H,13,17). The summed E-state index contributed by atoms with van der Waals surface area (Å²) < 4.78 is 0. The molecule has 0 aliphatic rings. The zero-order valence-corrected chi connectivity index (χ0v) is 10.3. The second-order valence-electron chi connectivity index (χ2n) is 3.83. The van der Waals surface area contributed by atoms with Gasteiger partial charge in [-0.15, -0.1) is 0 Å². The Balaban J connectivity index is 5.16. The molecule has 0 spiro atoms. The Morgan fingerprint density at radius 3 is 1.24 bits per heavy atom. The minimum Gasteiger partial charge on any atom is -0.316 e. The Morgan fingerprint density at radius 2 is 1.06 bits per heavy atom. The summed E-state index contributed by atoms with van der Waals surface area (Å²) in [5.74, 6) is -3.28. The van der Waals surface area contributed by atoms with Gasteiger partial charge in [0.05, 0.1) is 6.42 Å². The first-order chi connectivity index (χ1) is 7.67. The van der Waals surface area contributed by atoms with Gasteiger partial charge in [-0.25, -0.2) is 0 Å². The third-order valence-corrected chi connectivity index (χ3v) is 1.68. The SMILES string of the molecule is CC(=O)CC(NC(C)=O)(NC(C)=O)NC(C)=O. The van der Waals surface area contributed by atoms with E-state index in [0.717, 1.165) is 0 Å². The lowest BCUT2D eigenvalue weighted by Gasteiger charge is -2.34. The van der Waals surface area contributed by atoms with Crippen molar-refractivity contribution in [2.24, 2.45) is 0 Å². The summed E-state index contributed by atoms with van der Waals surface area (Å²) in [7, 11) is 0. The molecule has 0 bridgehead atoms. The Kier molecular flexibility index (Phi) is 5.30. The lowest BCUT2D eigenvalue weighted by Crippen LogP contribution is -2.70. The number of ketones is 1. The number of hydrogen-bond acceptors (Lipinski definition) is 4. The zero-order chi connectivity index (χ0) is 13.6. The van der Waals surface area contributed by atoms with E-state index < -0.39 is 23.5 Å². The van der Waals surface area contributed by atoms with Crippen LogP contribution in [-0.4, -0.2) is 29.3 Å². The number of rotatable bonds is 5. The summed E-state index contributed by atoms with van der Waals surface area (Å²) in [6.45, 7) is 4.95. The quantitative estimate of drug-likeness (QED) is 0.540. The fraction of sp³-hybridized carbons (Fsp3) is 0.600. The highest BCUT2D eigenvalue weighted by Gasteiger charge is 2.34. The molecule has 0 saturated heterocycles. The monoisotopic (exact) mass is 243 g/mol. The molecule has 0 aliphatic heterocycles. The van der Waals surface area contributed by atoms with Gasteiger partial charge in [0.1, 0.15) is 5.78 Å². The first kappa shape index (κ1) is 15.1. The van der Waals surface area contributed by atoms with Gasteiger partial charge in [-0.3, -0.25) is 19.2 Å². The number of carbonyl (C=O) groups excluding carboxylic acids is 4. The Hall–Kier alpha value is -1.92. The molecule has 3 N–H and O–H groups in total. The molecule has 0 aliphatic carbocycles. The molecule has 0 aromatic heterocycles. The summed E-state index contributed by atoms with van der Waals surface area (Å²) in [6, 6.07) is 0. The molecule has 0 rings (SSSR count). The average Bonchev–Trinajstić information content (AvgIpc) is 1.95. The molecule has 7 heteroatoms. The van der Waals surface area contributed by atoms with Crippen molar-refractivity contribution in [3.05, 3.63) is 0 Å². The largest absolute Gasteiger partial charge is 0.316 e. The number of hydrogen-bond donors (Lipinski definition) is 3. The summed E-state index contributed by atoms with van der Waals surface area (Å²) in [6.07, 6.45) is -0.230. The Morgan fingerprint density at radius 1 is 0.765 bits per heavy atom. The van der Waals surface area contributed by atoms with Gasteiger partial charge in [-0.1, -0.05) is 0 Å². The molecular formula is C10H17N3O4. The summed E-state index contributed by atoms with van der Waals surface area (Å²) in [5.41, 5.74) is 0. The highest BCUT2D eigenvalue weighted by atomic mass is 16.2. The topological polar surface area (TPSA) is 104 Å². The van der Waals surface area contributed by atoms with E-state index in [1.54, 1.807) is 0 Å². The third kappa shape index (κ3) is 6.29. The molecule has 17 heavy (non-hydrogen) atoms. The van der Waals surface area contributed by atoms with Gasteiger partial charge in [0.25, 0.3) is 0 Å². The van der Waals surface area contributed by atoms with Gasteiger partial charge in [0.15, 0.2) is 5.79 Å². The lowest BCUT2D eigenvalue weighted by molar-refractivity contribution is -0.130. The highest BCUT2D eigenvalue weighted by molar-refractivity contribution is 5.84. The van der Waals surface area contributed by atoms with Crippen LogP contribution in [0.3, 0.4) is 0 Å². The molecule has 3 amide bonds. The smallest absolute Gasteiger partial charge is 0.220 e. The number of carbonyl (C=O) groups is 4. The van der Waals surface area contributed by atoms with Crippen LogP contribution in [0.25, 0.3) is 0 Å². The van der Waals surface area contributed by atoms with Crippen LogP contribution in [0, 0.1) is 0 Å². The van der Waals surface area contributed by atoms with Crippen LogP contribution in [0.5, 0.6) is 0 Å². The molecule has 0 radical (unpaired) electrons. The second-order valence-corrected chi connectivity index (χ2v) is 3.83. The van der Waals surface area contributed by atoms with Gasteiger partial charge < -0.3 is 16.0 Å². The van der Waals surface area contributed by atoms with Crippen LogP contribution in [0.4, 0.5) is 0 Å². The maximum Gasteiger partial charge on any atom is 0.220 e. The van der Waals surface area contributed by atoms with Crippen LogP contribution in [-0.2, 0) is 19.2 Å². The van der Waals surface area contributed by atoms with E-state index in [-0.39, 0.29) is 12.2 Å². The number of Topliss-reactive ketones (excluding diaryl/α,β-unsaturated/α-hetero) is 1. The normalized spacial score (nSPS) is 10.4. The molecule has 0 saturated carbocycles. The average molecular weight is 243 g/mol. The summed E-state index contributed by atoms with van der Waals surface area (Å²) in [5, 5.41) is 7.09. The molecule has 0 atom stereocenters. The van der Waals surface area contributed by atoms with E-state index in [4.69, 9.17) is 0 Å². The molecule has 0 heterocycles. The van der Waals surface area contributed by atoms with E-state index in [1.807, 2.05) is 0 Å². The first-order valence-corrected chi connectivity index (χ1v) is 5.02. The molecule has 0 aromatic rings. The van der Waals surface area contributed by atoms with Crippen LogP contribution < -0.4 is 16.0 Å². The van der Waals surface area contributed by atoms with Crippen molar-refractivity contribution in [3.8, 4) is 0 Å². The maximum absolute atomic E-state index is 11.1. The Labute approximate surface area is 99.3 Å². The van der Waals surface area contributed by atoms with E-state index in [9.17, 15) is 19.2 Å². The van der Waals surface area contributed by atoms with Crippen molar-refractivity contribution in [3.63, 3.8) is 0 Å². The predicted molar refractivity (Wildman–Crippen MR) is 59.5 cm³/mol. The predicted octanol–water partition coefficient (Wildman–Crippen LogP) is -0.972. The fourth-order valence-corrected chi connectivity index (χ4v) is 1.50. The minimum atomic E-state index is -1.56. The van der Waals surface area contributed by atoms with Crippen LogP contribution in [0.1, 0.15) is 34.1 Å². The van der Waals surface area contributed by atoms with Gasteiger partial charge in [-0.05, 0) is 6.92 Å². The van der Waals surface area contributed by atoms with E-state index in [0.29, 0.717) is 0 Å². The van der Waals surface area contributed by atoms with Gasteiger partial charge >= 0.3 is 0 Å². The van der Waals surface area contributed by atoms with Crippen molar-refractivity contribution < 1.29 is 19.2 Å². The van der Waals surface area contributed by atoms with Gasteiger partial charge in [0.2, 0.25) is 17.7 Å².